The van der Waals surface area contributed by atoms with Crippen molar-refractivity contribution >= 4 is 34.6 Å². The van der Waals surface area contributed by atoms with Gasteiger partial charge in [-0.25, -0.2) is 14.6 Å². The van der Waals surface area contributed by atoms with E-state index in [2.05, 4.69) is 5.32 Å². The zero-order chi connectivity index (χ0) is 35.6. The number of carbonyl (C=O) groups is 3. The van der Waals surface area contributed by atoms with Gasteiger partial charge in [0.1, 0.15) is 19.0 Å². The third kappa shape index (κ3) is 6.31. The number of rotatable bonds is 12. The van der Waals surface area contributed by atoms with Gasteiger partial charge in [-0.15, -0.1) is 0 Å². The number of pyridine rings is 2. The van der Waals surface area contributed by atoms with Crippen LogP contribution < -0.4 is 16.6 Å². The smallest absolute Gasteiger partial charge is 0.508 e. The maximum absolute atomic E-state index is 13.9. The second kappa shape index (κ2) is 14.3. The lowest BCUT2D eigenvalue weighted by Gasteiger charge is -2.35. The van der Waals surface area contributed by atoms with E-state index in [9.17, 15) is 24.3 Å². The molecular formula is C38H42N4O8. The lowest BCUT2D eigenvalue weighted by atomic mass is 9.85. The quantitative estimate of drug-likeness (QED) is 0.108. The summed E-state index contributed by atoms with van der Waals surface area (Å²) in [5.74, 6) is -0.822. The summed E-state index contributed by atoms with van der Waals surface area (Å²) in [6, 6.07) is 13.6. The molecule has 6 rings (SSSR count). The van der Waals surface area contributed by atoms with Crippen LogP contribution in [0.4, 0.5) is 10.5 Å². The molecule has 0 spiro atoms. The first-order valence-corrected chi connectivity index (χ1v) is 17.2. The van der Waals surface area contributed by atoms with Crippen molar-refractivity contribution in [2.75, 3.05) is 11.9 Å². The summed E-state index contributed by atoms with van der Waals surface area (Å²) in [4.78, 5) is 58.1. The highest BCUT2D eigenvalue weighted by molar-refractivity contribution is 5.92. The molecule has 1 amide bonds. The van der Waals surface area contributed by atoms with Crippen molar-refractivity contribution < 1.29 is 33.7 Å². The van der Waals surface area contributed by atoms with Gasteiger partial charge in [0.25, 0.3) is 5.56 Å². The van der Waals surface area contributed by atoms with Crippen LogP contribution in [-0.2, 0) is 55.6 Å². The molecule has 0 radical (unpaired) electrons. The average molecular weight is 683 g/mol. The Balaban J connectivity index is 1.21. The molecular weight excluding hydrogens is 640 g/mol. The second-order valence-corrected chi connectivity index (χ2v) is 12.8. The highest BCUT2D eigenvalue weighted by Gasteiger charge is 2.51. The second-order valence-electron chi connectivity index (χ2n) is 12.8. The lowest BCUT2D eigenvalue weighted by molar-refractivity contribution is -0.175. The van der Waals surface area contributed by atoms with Gasteiger partial charge in [-0.05, 0) is 86.2 Å². The number of nitrogens with zero attached hydrogens (tertiary/aromatic N) is 2. The Morgan fingerprint density at radius 1 is 1.08 bits per heavy atom. The molecule has 0 bridgehead atoms. The van der Waals surface area contributed by atoms with E-state index in [1.54, 1.807) is 60.0 Å². The summed E-state index contributed by atoms with van der Waals surface area (Å²) in [6.07, 6.45) is 2.82. The van der Waals surface area contributed by atoms with Gasteiger partial charge in [0, 0.05) is 28.1 Å². The van der Waals surface area contributed by atoms with Crippen LogP contribution in [0.5, 0.6) is 5.75 Å². The summed E-state index contributed by atoms with van der Waals surface area (Å²) in [5.41, 5.74) is 8.63. The number of benzene rings is 2. The van der Waals surface area contributed by atoms with Gasteiger partial charge in [0.2, 0.25) is 11.5 Å². The number of nitrogens with one attached hydrogen (secondary N) is 1. The van der Waals surface area contributed by atoms with Crippen molar-refractivity contribution in [3.63, 3.8) is 0 Å². The van der Waals surface area contributed by atoms with E-state index in [0.717, 1.165) is 42.2 Å². The number of hydrogen-bond acceptors (Lipinski definition) is 10. The van der Waals surface area contributed by atoms with Gasteiger partial charge in [0.15, 0.2) is 0 Å². The topological polar surface area (TPSA) is 172 Å². The molecule has 2 aromatic carbocycles. The van der Waals surface area contributed by atoms with Crippen LogP contribution in [0.3, 0.4) is 0 Å². The van der Waals surface area contributed by atoms with Crippen molar-refractivity contribution in [2.24, 2.45) is 11.7 Å². The number of aromatic hydroxyl groups is 1. The Hall–Kier alpha value is -5.23. The molecule has 0 fully saturated rings. The lowest BCUT2D eigenvalue weighted by Crippen LogP contribution is -2.47. The zero-order valence-corrected chi connectivity index (χ0v) is 28.5. The van der Waals surface area contributed by atoms with Crippen LogP contribution in [0.2, 0.25) is 0 Å². The molecule has 0 saturated heterocycles. The maximum atomic E-state index is 13.9. The fourth-order valence-electron chi connectivity index (χ4n) is 7.01. The number of phenolic OH excluding ortho intramolecular Hbond substituents is 1. The Morgan fingerprint density at radius 2 is 1.86 bits per heavy atom. The van der Waals surface area contributed by atoms with Gasteiger partial charge < -0.3 is 34.9 Å². The van der Waals surface area contributed by atoms with E-state index in [4.69, 9.17) is 24.9 Å². The average Bonchev–Trinajstić information content (AvgIpc) is 3.48. The Kier molecular flexibility index (Phi) is 9.92. The van der Waals surface area contributed by atoms with Crippen LogP contribution in [0.15, 0.2) is 53.3 Å². The number of carbonyl (C=O) groups excluding carboxylic acids is 3. The van der Waals surface area contributed by atoms with E-state index in [1.165, 1.54) is 0 Å². The molecule has 12 nitrogen and oxygen atoms in total. The summed E-state index contributed by atoms with van der Waals surface area (Å²) in [7, 11) is 0. The van der Waals surface area contributed by atoms with E-state index in [-0.39, 0.29) is 60.4 Å². The molecule has 2 atom stereocenters. The molecule has 4 N–H and O–H groups in total. The minimum absolute atomic E-state index is 0.00626. The fourth-order valence-corrected chi connectivity index (χ4v) is 7.01. The number of esters is 1. The molecule has 4 aromatic rings. The van der Waals surface area contributed by atoms with Crippen molar-refractivity contribution in [2.45, 2.75) is 84.7 Å². The first-order valence-electron chi connectivity index (χ1n) is 17.2. The largest absolute Gasteiger partial charge is 0.510 e. The minimum atomic E-state index is -1.91. The molecule has 0 saturated carbocycles. The van der Waals surface area contributed by atoms with Gasteiger partial charge in [-0.1, -0.05) is 39.3 Å². The number of unbranched alkanes of at least 4 members (excludes halogenated alkanes) is 1. The molecule has 50 heavy (non-hydrogen) atoms. The maximum Gasteiger partial charge on any atom is 0.510 e. The third-order valence-corrected chi connectivity index (χ3v) is 9.82. The molecule has 262 valence electrons. The number of anilines is 1. The van der Waals surface area contributed by atoms with Gasteiger partial charge in [-0.2, -0.15) is 0 Å². The monoisotopic (exact) mass is 682 g/mol. The molecule has 12 heteroatoms. The van der Waals surface area contributed by atoms with Crippen molar-refractivity contribution in [1.29, 1.82) is 0 Å². The number of ether oxygens (including phenoxy) is 3. The van der Waals surface area contributed by atoms with Crippen LogP contribution in [0, 0.1) is 5.92 Å². The summed E-state index contributed by atoms with van der Waals surface area (Å²) in [5, 5.41) is 13.9. The Bertz CT molecular complexity index is 2020. The Labute approximate surface area is 289 Å². The first kappa shape index (κ1) is 34.6. The van der Waals surface area contributed by atoms with Gasteiger partial charge in [-0.3, -0.25) is 9.59 Å². The Morgan fingerprint density at radius 3 is 2.56 bits per heavy atom. The van der Waals surface area contributed by atoms with E-state index >= 15 is 0 Å². The highest BCUT2D eigenvalue weighted by Crippen LogP contribution is 2.42. The number of cyclic esters (lactones) is 1. The van der Waals surface area contributed by atoms with E-state index in [1.807, 2.05) is 13.8 Å². The predicted molar refractivity (Wildman–Crippen MR) is 186 cm³/mol. The van der Waals surface area contributed by atoms with Crippen LogP contribution in [-0.4, -0.2) is 39.2 Å². The number of phenols is 1. The highest BCUT2D eigenvalue weighted by atomic mass is 16.7. The standard InChI is InChI=1S/C38H42N4O8/c1-4-23(9-7-8-16-39)34(44)40-24-12-10-22(11-13-24)20-49-37(47)50-38(6-3)30-18-32-33-28(19-42(32)35(45)29(30)21-48-36(38)46)26(5-2)27-17-25(43)14-15-31(27)41-33/h10-15,17-18,23,43H,4-9,16,19-21,39H2,1-3H3,(H,40,44)/t23?,38-/m0/s1. The summed E-state index contributed by atoms with van der Waals surface area (Å²) < 4.78 is 18.3. The third-order valence-electron chi connectivity index (χ3n) is 9.82. The molecule has 0 aliphatic carbocycles. The van der Waals surface area contributed by atoms with Gasteiger partial charge >= 0.3 is 12.1 Å². The zero-order valence-electron chi connectivity index (χ0n) is 28.5. The first-order chi connectivity index (χ1) is 24.1. The number of aromatic nitrogens is 2. The normalized spacial score (nSPS) is 16.6. The number of amides is 1. The van der Waals surface area contributed by atoms with Crippen LogP contribution in [0.1, 0.15) is 80.7 Å². The van der Waals surface area contributed by atoms with Crippen molar-refractivity contribution in [1.82, 2.24) is 9.55 Å². The summed E-state index contributed by atoms with van der Waals surface area (Å²) in [6.45, 7) is 6.12. The molecule has 4 heterocycles. The van der Waals surface area contributed by atoms with Crippen LogP contribution >= 0.6 is 0 Å². The molecule has 1 unspecified atom stereocenters. The van der Waals surface area contributed by atoms with Crippen molar-refractivity contribution in [3.05, 3.63) is 86.7 Å². The number of nitrogens with two attached hydrogens (primary N) is 1. The SMILES string of the molecule is CCc1c2c(nc3ccc(O)cc13)-c1cc3c(c(=O)n1C2)COC(=O)[C@@]3(CC)OC(=O)OCc1ccc(NC(=O)C(CC)CCCCN)cc1. The number of aryl methyl sites for hydroxylation is 1. The minimum Gasteiger partial charge on any atom is -0.508 e. The number of hydrogen-bond donors (Lipinski definition) is 3. The van der Waals surface area contributed by atoms with E-state index in [0.29, 0.717) is 41.1 Å². The summed E-state index contributed by atoms with van der Waals surface area (Å²) >= 11 is 0. The van der Waals surface area contributed by atoms with E-state index < -0.39 is 17.7 Å². The van der Waals surface area contributed by atoms with Crippen molar-refractivity contribution in [3.8, 4) is 17.1 Å². The van der Waals surface area contributed by atoms with Crippen LogP contribution in [0.25, 0.3) is 22.3 Å². The number of fused-ring (bicyclic) bond motifs is 5. The molecule has 2 aromatic heterocycles. The predicted octanol–water partition coefficient (Wildman–Crippen LogP) is 5.80. The molecule has 2 aliphatic heterocycles. The van der Waals surface area contributed by atoms with Gasteiger partial charge in [0.05, 0.1) is 29.0 Å². The fraction of sp³-hybridized carbons (Fsp3) is 0.395. The molecule has 2 aliphatic rings.